The first-order valence-corrected chi connectivity index (χ1v) is 10.8. The Morgan fingerprint density at radius 2 is 1.86 bits per heavy atom. The molecule has 0 unspecified atom stereocenters. The number of sulfonamides is 1. The summed E-state index contributed by atoms with van der Waals surface area (Å²) in [5, 5.41) is 0.706. The normalized spacial score (nSPS) is 11.5. The molecule has 6 nitrogen and oxygen atoms in total. The van der Waals surface area contributed by atoms with E-state index in [9.17, 15) is 8.42 Å². The lowest BCUT2D eigenvalue weighted by Gasteiger charge is -2.07. The van der Waals surface area contributed by atoms with Crippen molar-refractivity contribution in [1.29, 1.82) is 0 Å². The van der Waals surface area contributed by atoms with Gasteiger partial charge in [-0.3, -0.25) is 0 Å². The zero-order chi connectivity index (χ0) is 20.1. The Balaban J connectivity index is 1.55. The number of halogens is 2. The molecule has 0 aliphatic heterocycles. The molecule has 0 fully saturated rings. The molecule has 0 bridgehead atoms. The number of nitrogens with zero attached hydrogens (tertiary/aromatic N) is 1. The van der Waals surface area contributed by atoms with Crippen LogP contribution >= 0.6 is 23.2 Å². The SMILES string of the molecule is COc1ccc(-c2nc(CCNS(=O)(=O)Cc3ccc(Cl)c(Cl)c3)co2)cc1. The number of hydrogen-bond donors (Lipinski definition) is 1. The minimum atomic E-state index is -3.51. The van der Waals surface area contributed by atoms with Crippen molar-refractivity contribution in [3.05, 3.63) is 70.0 Å². The minimum Gasteiger partial charge on any atom is -0.497 e. The Hall–Kier alpha value is -2.06. The fraction of sp³-hybridized carbons (Fsp3) is 0.211. The molecule has 1 N–H and O–H groups in total. The Labute approximate surface area is 173 Å². The third kappa shape index (κ3) is 5.48. The smallest absolute Gasteiger partial charge is 0.226 e. The van der Waals surface area contributed by atoms with Gasteiger partial charge in [-0.25, -0.2) is 18.1 Å². The van der Waals surface area contributed by atoms with E-state index in [1.807, 2.05) is 24.3 Å². The molecule has 0 saturated carbocycles. The molecule has 0 amide bonds. The molecule has 148 valence electrons. The standard InChI is InChI=1S/C19H18Cl2N2O4S/c1-26-16-5-3-14(4-6-16)19-23-15(11-27-19)8-9-22-28(24,25)12-13-2-7-17(20)18(21)10-13/h2-7,10-11,22H,8-9,12H2,1H3. The van der Waals surface area contributed by atoms with Gasteiger partial charge in [0, 0.05) is 18.5 Å². The van der Waals surface area contributed by atoms with Crippen LogP contribution in [-0.2, 0) is 22.2 Å². The summed E-state index contributed by atoms with van der Waals surface area (Å²) in [4.78, 5) is 4.39. The van der Waals surface area contributed by atoms with E-state index in [4.69, 9.17) is 32.4 Å². The van der Waals surface area contributed by atoms with Crippen LogP contribution in [0.3, 0.4) is 0 Å². The topological polar surface area (TPSA) is 81.4 Å². The van der Waals surface area contributed by atoms with Crippen molar-refractivity contribution in [2.75, 3.05) is 13.7 Å². The third-order valence-corrected chi connectivity index (χ3v) is 6.03. The first-order valence-electron chi connectivity index (χ1n) is 8.36. The summed E-state index contributed by atoms with van der Waals surface area (Å²) in [6.45, 7) is 0.207. The van der Waals surface area contributed by atoms with Crippen molar-refractivity contribution < 1.29 is 17.6 Å². The van der Waals surface area contributed by atoms with Gasteiger partial charge in [0.25, 0.3) is 0 Å². The number of benzene rings is 2. The first-order chi connectivity index (χ1) is 13.4. The van der Waals surface area contributed by atoms with Crippen LogP contribution in [0.1, 0.15) is 11.3 Å². The van der Waals surface area contributed by atoms with Gasteiger partial charge in [0.2, 0.25) is 15.9 Å². The van der Waals surface area contributed by atoms with E-state index in [0.29, 0.717) is 33.6 Å². The van der Waals surface area contributed by atoms with Gasteiger partial charge in [-0.05, 0) is 42.0 Å². The van der Waals surface area contributed by atoms with Gasteiger partial charge in [-0.15, -0.1) is 0 Å². The maximum absolute atomic E-state index is 12.2. The molecule has 1 aromatic heterocycles. The number of oxazole rings is 1. The van der Waals surface area contributed by atoms with Crippen LogP contribution < -0.4 is 9.46 Å². The molecule has 0 atom stereocenters. The van der Waals surface area contributed by atoms with Crippen molar-refractivity contribution in [3.8, 4) is 17.2 Å². The van der Waals surface area contributed by atoms with Crippen molar-refractivity contribution in [3.63, 3.8) is 0 Å². The zero-order valence-corrected chi connectivity index (χ0v) is 17.3. The number of nitrogens with one attached hydrogen (secondary N) is 1. The molecule has 0 aliphatic rings. The Kier molecular flexibility index (Phi) is 6.61. The van der Waals surface area contributed by atoms with E-state index >= 15 is 0 Å². The number of ether oxygens (including phenoxy) is 1. The minimum absolute atomic E-state index is 0.181. The average molecular weight is 441 g/mol. The van der Waals surface area contributed by atoms with Crippen LogP contribution in [0, 0.1) is 0 Å². The van der Waals surface area contributed by atoms with E-state index in [1.165, 1.54) is 6.26 Å². The van der Waals surface area contributed by atoms with E-state index in [2.05, 4.69) is 9.71 Å². The monoisotopic (exact) mass is 440 g/mol. The highest BCUT2D eigenvalue weighted by Crippen LogP contribution is 2.24. The van der Waals surface area contributed by atoms with Gasteiger partial charge in [0.15, 0.2) is 0 Å². The second-order valence-electron chi connectivity index (χ2n) is 6.02. The van der Waals surface area contributed by atoms with Crippen LogP contribution in [0.4, 0.5) is 0 Å². The van der Waals surface area contributed by atoms with Crippen molar-refractivity contribution >= 4 is 33.2 Å². The van der Waals surface area contributed by atoms with E-state index < -0.39 is 10.0 Å². The fourth-order valence-corrected chi connectivity index (χ4v) is 3.98. The molecule has 2 aromatic carbocycles. The number of hydrogen-bond acceptors (Lipinski definition) is 5. The highest BCUT2D eigenvalue weighted by Gasteiger charge is 2.13. The summed E-state index contributed by atoms with van der Waals surface area (Å²) in [5.41, 5.74) is 2.03. The first kappa shape index (κ1) is 20.7. The quantitative estimate of drug-likeness (QED) is 0.563. The zero-order valence-electron chi connectivity index (χ0n) is 15.0. The summed E-state index contributed by atoms with van der Waals surface area (Å²) in [7, 11) is -1.91. The lowest BCUT2D eigenvalue weighted by molar-refractivity contribution is 0.415. The van der Waals surface area contributed by atoms with Gasteiger partial charge in [0.1, 0.15) is 12.0 Å². The molecule has 0 saturated heterocycles. The van der Waals surface area contributed by atoms with Crippen LogP contribution in [0.15, 0.2) is 53.1 Å². The maximum Gasteiger partial charge on any atom is 0.226 e. The Morgan fingerprint density at radius 3 is 2.54 bits per heavy atom. The van der Waals surface area contributed by atoms with Crippen LogP contribution in [0.5, 0.6) is 5.75 Å². The van der Waals surface area contributed by atoms with Gasteiger partial charge >= 0.3 is 0 Å². The molecule has 3 rings (SSSR count). The van der Waals surface area contributed by atoms with Gasteiger partial charge in [0.05, 0.1) is 28.6 Å². The summed E-state index contributed by atoms with van der Waals surface area (Å²) in [5.74, 6) is 1.03. The number of methoxy groups -OCH3 is 1. The summed E-state index contributed by atoms with van der Waals surface area (Å²) < 4.78 is 37.6. The van der Waals surface area contributed by atoms with Crippen LogP contribution in [0.2, 0.25) is 10.0 Å². The molecule has 0 radical (unpaired) electrons. The van der Waals surface area contributed by atoms with Gasteiger partial charge in [-0.2, -0.15) is 0 Å². The molecular formula is C19H18Cl2N2O4S. The second kappa shape index (κ2) is 8.96. The molecular weight excluding hydrogens is 423 g/mol. The van der Waals surface area contributed by atoms with E-state index in [0.717, 1.165) is 11.3 Å². The summed E-state index contributed by atoms with van der Waals surface area (Å²) in [6, 6.07) is 12.1. The lowest BCUT2D eigenvalue weighted by Crippen LogP contribution is -2.27. The lowest BCUT2D eigenvalue weighted by atomic mass is 10.2. The predicted molar refractivity (Wildman–Crippen MR) is 109 cm³/mol. The Morgan fingerprint density at radius 1 is 1.11 bits per heavy atom. The van der Waals surface area contributed by atoms with Gasteiger partial charge in [-0.1, -0.05) is 29.3 Å². The maximum atomic E-state index is 12.2. The molecule has 28 heavy (non-hydrogen) atoms. The molecule has 0 aliphatic carbocycles. The van der Waals surface area contributed by atoms with Crippen LogP contribution in [-0.4, -0.2) is 27.1 Å². The summed E-state index contributed by atoms with van der Waals surface area (Å²) >= 11 is 11.8. The van der Waals surface area contributed by atoms with Crippen molar-refractivity contribution in [2.45, 2.75) is 12.2 Å². The summed E-state index contributed by atoms with van der Waals surface area (Å²) in [6.07, 6.45) is 1.92. The van der Waals surface area contributed by atoms with Crippen LogP contribution in [0.25, 0.3) is 11.5 Å². The van der Waals surface area contributed by atoms with E-state index in [1.54, 1.807) is 25.3 Å². The number of rotatable bonds is 8. The molecule has 9 heteroatoms. The largest absolute Gasteiger partial charge is 0.497 e. The highest BCUT2D eigenvalue weighted by molar-refractivity contribution is 7.88. The highest BCUT2D eigenvalue weighted by atomic mass is 35.5. The fourth-order valence-electron chi connectivity index (χ4n) is 2.52. The molecule has 3 aromatic rings. The van der Waals surface area contributed by atoms with Crippen molar-refractivity contribution in [2.24, 2.45) is 0 Å². The molecule has 0 spiro atoms. The van der Waals surface area contributed by atoms with Gasteiger partial charge < -0.3 is 9.15 Å². The average Bonchev–Trinajstić information content (AvgIpc) is 3.13. The Bertz CT molecular complexity index is 1050. The van der Waals surface area contributed by atoms with E-state index in [-0.39, 0.29) is 12.3 Å². The van der Waals surface area contributed by atoms with Crippen molar-refractivity contribution in [1.82, 2.24) is 9.71 Å². The second-order valence-corrected chi connectivity index (χ2v) is 8.65. The molecule has 1 heterocycles. The predicted octanol–water partition coefficient (Wildman–Crippen LogP) is 4.32. The third-order valence-electron chi connectivity index (χ3n) is 3.93. The number of aromatic nitrogens is 1.